The first kappa shape index (κ1) is 13.6. The van der Waals surface area contributed by atoms with Crippen LogP contribution in [0, 0.1) is 0 Å². The molecule has 0 aliphatic heterocycles. The summed E-state index contributed by atoms with van der Waals surface area (Å²) in [5, 5.41) is 12.7. The zero-order chi connectivity index (χ0) is 13.7. The molecule has 0 heterocycles. The van der Waals surface area contributed by atoms with E-state index < -0.39 is 6.04 Å². The van der Waals surface area contributed by atoms with Gasteiger partial charge in [-0.15, -0.1) is 0 Å². The molecule has 0 unspecified atom stereocenters. The van der Waals surface area contributed by atoms with Crippen LogP contribution in [0.2, 0.25) is 5.02 Å². The van der Waals surface area contributed by atoms with Gasteiger partial charge in [0.25, 0.3) is 5.91 Å². The van der Waals surface area contributed by atoms with Crippen molar-refractivity contribution in [3.8, 4) is 0 Å². The van der Waals surface area contributed by atoms with E-state index in [1.807, 2.05) is 30.3 Å². The molecule has 98 valence electrons. The second-order valence-electron chi connectivity index (χ2n) is 4.13. The van der Waals surface area contributed by atoms with Gasteiger partial charge in [-0.2, -0.15) is 0 Å². The molecule has 2 aromatic carbocycles. The average molecular weight is 276 g/mol. The van der Waals surface area contributed by atoms with Crippen LogP contribution in [-0.2, 0) is 0 Å². The minimum Gasteiger partial charge on any atom is -0.394 e. The fraction of sp³-hybridized carbons (Fsp3) is 0.133. The minimum absolute atomic E-state index is 0.156. The van der Waals surface area contributed by atoms with Gasteiger partial charge in [-0.25, -0.2) is 0 Å². The Kier molecular flexibility index (Phi) is 4.55. The van der Waals surface area contributed by atoms with Crippen LogP contribution >= 0.6 is 11.6 Å². The summed E-state index contributed by atoms with van der Waals surface area (Å²) in [7, 11) is 0. The van der Waals surface area contributed by atoms with Crippen molar-refractivity contribution in [3.05, 3.63) is 70.7 Å². The average Bonchev–Trinajstić information content (AvgIpc) is 2.45. The van der Waals surface area contributed by atoms with Crippen LogP contribution in [0.15, 0.2) is 54.6 Å². The van der Waals surface area contributed by atoms with E-state index in [0.29, 0.717) is 10.6 Å². The summed E-state index contributed by atoms with van der Waals surface area (Å²) in [4.78, 5) is 12.1. The Bertz CT molecular complexity index is 557. The van der Waals surface area contributed by atoms with Crippen molar-refractivity contribution in [1.29, 1.82) is 0 Å². The smallest absolute Gasteiger partial charge is 0.251 e. The monoisotopic (exact) mass is 275 g/mol. The molecule has 0 radical (unpaired) electrons. The van der Waals surface area contributed by atoms with Crippen molar-refractivity contribution in [2.24, 2.45) is 0 Å². The molecule has 2 N–H and O–H groups in total. The summed E-state index contributed by atoms with van der Waals surface area (Å²) in [5.74, 6) is -0.259. The number of hydrogen-bond donors (Lipinski definition) is 2. The molecular weight excluding hydrogens is 262 g/mol. The number of nitrogens with one attached hydrogen (secondary N) is 1. The van der Waals surface area contributed by atoms with Crippen molar-refractivity contribution in [2.75, 3.05) is 6.61 Å². The van der Waals surface area contributed by atoms with Crippen LogP contribution in [0.25, 0.3) is 0 Å². The Labute approximate surface area is 116 Å². The number of aliphatic hydroxyl groups excluding tert-OH is 1. The highest BCUT2D eigenvalue weighted by Gasteiger charge is 2.14. The minimum atomic E-state index is -0.423. The molecule has 0 spiro atoms. The van der Waals surface area contributed by atoms with E-state index in [-0.39, 0.29) is 12.5 Å². The molecule has 0 bridgehead atoms. The Hall–Kier alpha value is -1.84. The number of carbonyl (C=O) groups is 1. The normalized spacial score (nSPS) is 11.9. The fourth-order valence-corrected chi connectivity index (χ4v) is 1.98. The van der Waals surface area contributed by atoms with Crippen molar-refractivity contribution in [3.63, 3.8) is 0 Å². The second kappa shape index (κ2) is 6.36. The summed E-state index contributed by atoms with van der Waals surface area (Å²) in [6.07, 6.45) is 0. The summed E-state index contributed by atoms with van der Waals surface area (Å²) >= 11 is 5.85. The van der Waals surface area contributed by atoms with Crippen molar-refractivity contribution < 1.29 is 9.90 Å². The fourth-order valence-electron chi connectivity index (χ4n) is 1.79. The topological polar surface area (TPSA) is 49.3 Å². The number of amides is 1. The number of benzene rings is 2. The van der Waals surface area contributed by atoms with Crippen LogP contribution < -0.4 is 5.32 Å². The summed E-state index contributed by atoms with van der Waals surface area (Å²) in [6.45, 7) is -0.156. The van der Waals surface area contributed by atoms with Crippen LogP contribution in [0.5, 0.6) is 0 Å². The van der Waals surface area contributed by atoms with Crippen LogP contribution in [0.3, 0.4) is 0 Å². The van der Waals surface area contributed by atoms with Crippen molar-refractivity contribution in [1.82, 2.24) is 5.32 Å². The van der Waals surface area contributed by atoms with Crippen LogP contribution in [0.4, 0.5) is 0 Å². The van der Waals surface area contributed by atoms with Gasteiger partial charge in [0, 0.05) is 10.6 Å². The molecular formula is C15H14ClNO2. The summed E-state index contributed by atoms with van der Waals surface area (Å²) in [5.41, 5.74) is 1.34. The number of hydrogen-bond acceptors (Lipinski definition) is 2. The largest absolute Gasteiger partial charge is 0.394 e. The lowest BCUT2D eigenvalue weighted by molar-refractivity contribution is 0.0916. The molecule has 0 aliphatic rings. The SMILES string of the molecule is O=C(N[C@@H](CO)c1ccccc1)c1cccc(Cl)c1. The number of halogens is 1. The van der Waals surface area contributed by atoms with Gasteiger partial charge in [0.2, 0.25) is 0 Å². The van der Waals surface area contributed by atoms with Crippen LogP contribution in [0.1, 0.15) is 22.0 Å². The first-order chi connectivity index (χ1) is 9.20. The van der Waals surface area contributed by atoms with Crippen LogP contribution in [-0.4, -0.2) is 17.6 Å². The van der Waals surface area contributed by atoms with Crippen molar-refractivity contribution in [2.45, 2.75) is 6.04 Å². The van der Waals surface area contributed by atoms with Gasteiger partial charge < -0.3 is 10.4 Å². The Morgan fingerprint density at radius 1 is 1.16 bits per heavy atom. The van der Waals surface area contributed by atoms with E-state index in [2.05, 4.69) is 5.32 Å². The number of carbonyl (C=O) groups excluding carboxylic acids is 1. The zero-order valence-electron chi connectivity index (χ0n) is 10.2. The lowest BCUT2D eigenvalue weighted by Gasteiger charge is -2.16. The third-order valence-corrected chi connectivity index (χ3v) is 3.01. The molecule has 2 aromatic rings. The number of rotatable bonds is 4. The molecule has 1 atom stereocenters. The van der Waals surface area contributed by atoms with E-state index in [1.54, 1.807) is 24.3 Å². The van der Waals surface area contributed by atoms with E-state index in [4.69, 9.17) is 11.6 Å². The standard InChI is InChI=1S/C15H14ClNO2/c16-13-8-4-7-12(9-13)15(19)17-14(10-18)11-5-2-1-3-6-11/h1-9,14,18H,10H2,(H,17,19)/t14-/m0/s1. The molecule has 19 heavy (non-hydrogen) atoms. The van der Waals surface area contributed by atoms with Gasteiger partial charge in [-0.3, -0.25) is 4.79 Å². The third kappa shape index (κ3) is 3.56. The molecule has 3 nitrogen and oxygen atoms in total. The quantitative estimate of drug-likeness (QED) is 0.901. The summed E-state index contributed by atoms with van der Waals surface area (Å²) < 4.78 is 0. The van der Waals surface area contributed by atoms with Gasteiger partial charge in [0.15, 0.2) is 0 Å². The maximum atomic E-state index is 12.1. The maximum Gasteiger partial charge on any atom is 0.251 e. The zero-order valence-corrected chi connectivity index (χ0v) is 11.0. The molecule has 0 saturated carbocycles. The Morgan fingerprint density at radius 2 is 1.89 bits per heavy atom. The molecule has 0 saturated heterocycles. The van der Waals surface area contributed by atoms with E-state index >= 15 is 0 Å². The van der Waals surface area contributed by atoms with Crippen molar-refractivity contribution >= 4 is 17.5 Å². The molecule has 0 aromatic heterocycles. The molecule has 2 rings (SSSR count). The van der Waals surface area contributed by atoms with Gasteiger partial charge in [0.1, 0.15) is 0 Å². The van der Waals surface area contributed by atoms with Gasteiger partial charge >= 0.3 is 0 Å². The first-order valence-corrected chi connectivity index (χ1v) is 6.30. The van der Waals surface area contributed by atoms with E-state index in [0.717, 1.165) is 5.56 Å². The highest BCUT2D eigenvalue weighted by Crippen LogP contribution is 2.14. The molecule has 4 heteroatoms. The third-order valence-electron chi connectivity index (χ3n) is 2.78. The Balaban J connectivity index is 2.13. The second-order valence-corrected chi connectivity index (χ2v) is 4.57. The van der Waals surface area contributed by atoms with Gasteiger partial charge in [-0.05, 0) is 23.8 Å². The molecule has 0 aliphatic carbocycles. The van der Waals surface area contributed by atoms with Gasteiger partial charge in [-0.1, -0.05) is 48.0 Å². The first-order valence-electron chi connectivity index (χ1n) is 5.93. The Morgan fingerprint density at radius 3 is 2.53 bits per heavy atom. The highest BCUT2D eigenvalue weighted by molar-refractivity contribution is 6.30. The molecule has 0 fully saturated rings. The van der Waals surface area contributed by atoms with E-state index in [1.165, 1.54) is 0 Å². The maximum absolute atomic E-state index is 12.1. The summed E-state index contributed by atoms with van der Waals surface area (Å²) in [6, 6.07) is 15.6. The predicted molar refractivity (Wildman–Crippen MR) is 75.2 cm³/mol. The molecule has 1 amide bonds. The van der Waals surface area contributed by atoms with Gasteiger partial charge in [0.05, 0.1) is 12.6 Å². The lowest BCUT2D eigenvalue weighted by atomic mass is 10.1. The lowest BCUT2D eigenvalue weighted by Crippen LogP contribution is -2.30. The predicted octanol–water partition coefficient (Wildman–Crippen LogP) is 2.80. The van der Waals surface area contributed by atoms with E-state index in [9.17, 15) is 9.90 Å². The highest BCUT2D eigenvalue weighted by atomic mass is 35.5. The number of aliphatic hydroxyl groups is 1.